The Morgan fingerprint density at radius 3 is 2.54 bits per heavy atom. The number of sulfone groups is 1. The highest BCUT2D eigenvalue weighted by Gasteiger charge is 2.33. The first-order chi connectivity index (χ1) is 11.1. The van der Waals surface area contributed by atoms with E-state index in [1.54, 1.807) is 10.8 Å². The van der Waals surface area contributed by atoms with Crippen LogP contribution in [-0.4, -0.2) is 44.0 Å². The van der Waals surface area contributed by atoms with Crippen molar-refractivity contribution in [2.45, 2.75) is 17.0 Å². The SMILES string of the molecule is CCS(=O)(=O)c1nc2ccccn2c1S(=O)(=O)NC(=O)N=C(N)N. The van der Waals surface area contributed by atoms with Crippen molar-refractivity contribution >= 4 is 37.5 Å². The molecule has 0 saturated carbocycles. The van der Waals surface area contributed by atoms with Gasteiger partial charge in [-0.1, -0.05) is 13.0 Å². The maximum Gasteiger partial charge on any atom is 0.358 e. The van der Waals surface area contributed by atoms with Crippen molar-refractivity contribution in [3.8, 4) is 0 Å². The molecule has 0 spiro atoms. The molecule has 0 aliphatic carbocycles. The summed E-state index contributed by atoms with van der Waals surface area (Å²) in [7, 11) is -8.59. The number of imidazole rings is 1. The molecule has 0 unspecified atom stereocenters. The molecule has 2 amide bonds. The molecule has 2 aromatic rings. The van der Waals surface area contributed by atoms with Crippen molar-refractivity contribution in [2.75, 3.05) is 5.75 Å². The number of sulfonamides is 1. The van der Waals surface area contributed by atoms with Gasteiger partial charge in [0, 0.05) is 6.20 Å². The maximum atomic E-state index is 12.5. The van der Waals surface area contributed by atoms with Crippen LogP contribution in [0.15, 0.2) is 39.4 Å². The smallest absolute Gasteiger partial charge is 0.358 e. The monoisotopic (exact) mass is 374 g/mol. The molecule has 0 aromatic carbocycles. The van der Waals surface area contributed by atoms with E-state index in [1.807, 2.05) is 0 Å². The Morgan fingerprint density at radius 1 is 1.29 bits per heavy atom. The molecule has 0 saturated heterocycles. The number of nitrogens with two attached hydrogens (primary N) is 2. The number of urea groups is 1. The Labute approximate surface area is 137 Å². The fraction of sp³-hybridized carbons (Fsp3) is 0.182. The van der Waals surface area contributed by atoms with E-state index in [0.29, 0.717) is 0 Å². The fourth-order valence-electron chi connectivity index (χ4n) is 1.84. The third kappa shape index (κ3) is 3.30. The first-order valence-corrected chi connectivity index (χ1v) is 9.58. The molecule has 11 nitrogen and oxygen atoms in total. The average molecular weight is 374 g/mol. The summed E-state index contributed by atoms with van der Waals surface area (Å²) in [6.45, 7) is 1.34. The Balaban J connectivity index is 2.72. The van der Waals surface area contributed by atoms with Crippen molar-refractivity contribution in [3.63, 3.8) is 0 Å². The molecule has 5 N–H and O–H groups in total. The van der Waals surface area contributed by atoms with Gasteiger partial charge in [-0.3, -0.25) is 4.40 Å². The number of amides is 2. The normalized spacial score (nSPS) is 12.0. The first-order valence-electron chi connectivity index (χ1n) is 6.44. The van der Waals surface area contributed by atoms with Gasteiger partial charge in [0.05, 0.1) is 5.75 Å². The van der Waals surface area contributed by atoms with E-state index in [4.69, 9.17) is 11.5 Å². The third-order valence-corrected chi connectivity index (χ3v) is 5.94. The highest BCUT2D eigenvalue weighted by molar-refractivity contribution is 7.93. The number of aromatic nitrogens is 2. The van der Waals surface area contributed by atoms with Crippen LogP contribution in [0.25, 0.3) is 5.65 Å². The number of carbonyl (C=O) groups excluding carboxylic acids is 1. The molecule has 0 atom stereocenters. The number of nitrogens with zero attached hydrogens (tertiary/aromatic N) is 3. The van der Waals surface area contributed by atoms with E-state index in [9.17, 15) is 21.6 Å². The van der Waals surface area contributed by atoms with Crippen LogP contribution in [0.1, 0.15) is 6.92 Å². The Morgan fingerprint density at radius 2 is 1.96 bits per heavy atom. The fourth-order valence-corrected chi connectivity index (χ4v) is 4.48. The standard InChI is InChI=1S/C11H14N6O5S2/c1-2-23(19,20)8-9(17-6-4-3-5-7(17)14-8)24(21,22)16-11(18)15-10(12)13/h3-6H,2H2,1H3,(H5,12,13,15,16,18). The van der Waals surface area contributed by atoms with Crippen molar-refractivity contribution in [2.24, 2.45) is 16.5 Å². The summed E-state index contributed by atoms with van der Waals surface area (Å²) in [5.41, 5.74) is 10.1. The Kier molecular flexibility index (Phi) is 4.48. The lowest BCUT2D eigenvalue weighted by Gasteiger charge is -2.06. The molecular weight excluding hydrogens is 360 g/mol. The number of aliphatic imine (C=N–C) groups is 1. The molecule has 130 valence electrons. The lowest BCUT2D eigenvalue weighted by atomic mass is 10.5. The zero-order valence-corrected chi connectivity index (χ0v) is 14.0. The minimum absolute atomic E-state index is 0.0826. The molecule has 0 fully saturated rings. The van der Waals surface area contributed by atoms with Crippen LogP contribution < -0.4 is 16.2 Å². The van der Waals surface area contributed by atoms with Crippen molar-refractivity contribution < 1.29 is 21.6 Å². The van der Waals surface area contributed by atoms with Gasteiger partial charge in [-0.15, -0.1) is 0 Å². The summed E-state index contributed by atoms with van der Waals surface area (Å²) in [5.74, 6) is -1.02. The molecule has 13 heteroatoms. The maximum absolute atomic E-state index is 12.5. The average Bonchev–Trinajstić information content (AvgIpc) is 2.86. The molecule has 0 aliphatic rings. The van der Waals surface area contributed by atoms with Gasteiger partial charge in [-0.05, 0) is 12.1 Å². The van der Waals surface area contributed by atoms with E-state index >= 15 is 0 Å². The van der Waals surface area contributed by atoms with E-state index in [2.05, 4.69) is 9.98 Å². The van der Waals surface area contributed by atoms with E-state index in [-0.39, 0.29) is 11.4 Å². The lowest BCUT2D eigenvalue weighted by Crippen LogP contribution is -2.33. The summed E-state index contributed by atoms with van der Waals surface area (Å²) in [4.78, 5) is 18.4. The highest BCUT2D eigenvalue weighted by Crippen LogP contribution is 2.23. The second-order valence-corrected chi connectivity index (χ2v) is 8.29. The Bertz CT molecular complexity index is 1030. The lowest BCUT2D eigenvalue weighted by molar-refractivity contribution is 0.254. The van der Waals surface area contributed by atoms with Gasteiger partial charge in [-0.25, -0.2) is 22.9 Å². The summed E-state index contributed by atoms with van der Waals surface area (Å²) < 4.78 is 51.9. The van der Waals surface area contributed by atoms with Crippen LogP contribution in [-0.2, 0) is 19.9 Å². The predicted molar refractivity (Wildman–Crippen MR) is 84.4 cm³/mol. The molecule has 2 aromatic heterocycles. The number of hydrogen-bond acceptors (Lipinski definition) is 6. The van der Waals surface area contributed by atoms with Gasteiger partial charge in [0.1, 0.15) is 5.65 Å². The third-order valence-electron chi connectivity index (χ3n) is 2.84. The number of pyridine rings is 1. The van der Waals surface area contributed by atoms with Gasteiger partial charge in [0.15, 0.2) is 25.8 Å². The molecule has 0 bridgehead atoms. The topological polar surface area (TPSA) is 179 Å². The Hall–Kier alpha value is -2.67. The van der Waals surface area contributed by atoms with Crippen LogP contribution in [0.4, 0.5) is 4.79 Å². The molecule has 0 aliphatic heterocycles. The van der Waals surface area contributed by atoms with Gasteiger partial charge in [-0.2, -0.15) is 13.4 Å². The zero-order valence-electron chi connectivity index (χ0n) is 12.4. The van der Waals surface area contributed by atoms with Crippen LogP contribution in [0, 0.1) is 0 Å². The molecule has 2 heterocycles. The summed E-state index contributed by atoms with van der Waals surface area (Å²) in [6, 6.07) is 3.10. The van der Waals surface area contributed by atoms with E-state index < -0.39 is 41.9 Å². The van der Waals surface area contributed by atoms with Crippen LogP contribution in [0.2, 0.25) is 0 Å². The van der Waals surface area contributed by atoms with Crippen molar-refractivity contribution in [1.82, 2.24) is 14.1 Å². The zero-order chi connectivity index (χ0) is 18.1. The van der Waals surface area contributed by atoms with E-state index in [0.717, 1.165) is 4.40 Å². The number of hydrogen-bond donors (Lipinski definition) is 3. The minimum atomic E-state index is -4.61. The molecule has 2 rings (SSSR count). The number of fused-ring (bicyclic) bond motifs is 1. The number of carbonyl (C=O) groups is 1. The van der Waals surface area contributed by atoms with Crippen LogP contribution in [0.5, 0.6) is 0 Å². The number of nitrogens with one attached hydrogen (secondary N) is 1. The summed E-state index contributed by atoms with van der Waals surface area (Å²) in [6.07, 6.45) is 1.30. The molecule has 0 radical (unpaired) electrons. The quantitative estimate of drug-likeness (QED) is 0.441. The van der Waals surface area contributed by atoms with Gasteiger partial charge >= 0.3 is 6.03 Å². The van der Waals surface area contributed by atoms with Gasteiger partial charge in [0.2, 0.25) is 0 Å². The minimum Gasteiger partial charge on any atom is -0.370 e. The van der Waals surface area contributed by atoms with Crippen LogP contribution >= 0.6 is 0 Å². The largest absolute Gasteiger partial charge is 0.370 e. The van der Waals surface area contributed by atoms with Crippen molar-refractivity contribution in [3.05, 3.63) is 24.4 Å². The predicted octanol–water partition coefficient (Wildman–Crippen LogP) is -1.20. The highest BCUT2D eigenvalue weighted by atomic mass is 32.2. The molecular formula is C11H14N6O5S2. The summed E-state index contributed by atoms with van der Waals surface area (Å²) >= 11 is 0. The second kappa shape index (κ2) is 6.09. The second-order valence-electron chi connectivity index (χ2n) is 4.50. The van der Waals surface area contributed by atoms with Gasteiger partial charge < -0.3 is 11.5 Å². The number of guanidine groups is 1. The summed E-state index contributed by atoms with van der Waals surface area (Å²) in [5, 5.41) is -1.36. The van der Waals surface area contributed by atoms with Gasteiger partial charge in [0.25, 0.3) is 10.0 Å². The number of rotatable bonds is 4. The van der Waals surface area contributed by atoms with Crippen LogP contribution in [0.3, 0.4) is 0 Å². The van der Waals surface area contributed by atoms with Crippen molar-refractivity contribution in [1.29, 1.82) is 0 Å². The van der Waals surface area contributed by atoms with E-state index in [1.165, 1.54) is 25.3 Å². The molecule has 24 heavy (non-hydrogen) atoms. The first kappa shape index (κ1) is 17.7.